The third kappa shape index (κ3) is 8.15. The standard InChI is InChI=1S/C76H52N8/c1-7-25-53(26-8-1)79(54-27-9-2-10-28-54)59-43-46-66-63-38-20-23-41-69(63)83(72(66)49-59)74-52-75(84-70-42-24-21-39-64(70)67-47-44-60(50-73(67)84)80(55-29-11-3-12-30-55)56-31-13-4-14-32-56)78-76(77-74)81(57-33-15-5-16-34-57)61-45-48-65-62-37-19-22-40-68(62)82(71(65)51-61)58-35-17-6-18-36-58/h1-52H. The predicted octanol–water partition coefficient (Wildman–Crippen LogP) is 20.2. The lowest BCUT2D eigenvalue weighted by Gasteiger charge is -2.26. The van der Waals surface area contributed by atoms with E-state index in [1.807, 2.05) is 0 Å². The Labute approximate surface area is 485 Å². The molecule has 0 aliphatic carbocycles. The Kier molecular flexibility index (Phi) is 11.7. The zero-order valence-electron chi connectivity index (χ0n) is 45.6. The van der Waals surface area contributed by atoms with Gasteiger partial charge in [-0.1, -0.05) is 182 Å². The molecule has 84 heavy (non-hydrogen) atoms. The number of hydrogen-bond acceptors (Lipinski definition) is 5. The number of para-hydroxylation sites is 9. The van der Waals surface area contributed by atoms with Crippen LogP contribution in [0.1, 0.15) is 0 Å². The van der Waals surface area contributed by atoms with Crippen LogP contribution in [0.5, 0.6) is 0 Å². The van der Waals surface area contributed by atoms with E-state index in [9.17, 15) is 0 Å². The van der Waals surface area contributed by atoms with Gasteiger partial charge in [-0.15, -0.1) is 0 Å². The molecular formula is C76H52N8. The van der Waals surface area contributed by atoms with E-state index < -0.39 is 0 Å². The van der Waals surface area contributed by atoms with Crippen molar-refractivity contribution in [2.45, 2.75) is 0 Å². The van der Waals surface area contributed by atoms with Crippen molar-refractivity contribution in [1.29, 1.82) is 0 Å². The molecule has 0 unspecified atom stereocenters. The molecule has 0 aliphatic heterocycles. The molecule has 8 heteroatoms. The van der Waals surface area contributed by atoms with Crippen molar-refractivity contribution in [1.82, 2.24) is 23.7 Å². The van der Waals surface area contributed by atoms with Crippen LogP contribution in [0.25, 0.3) is 82.7 Å². The number of fused-ring (bicyclic) bond motifs is 9. The Bertz CT molecular complexity index is 4780. The van der Waals surface area contributed by atoms with Gasteiger partial charge in [0.15, 0.2) is 0 Å². The molecule has 0 saturated carbocycles. The summed E-state index contributed by atoms with van der Waals surface area (Å²) in [5.41, 5.74) is 15.4. The molecule has 0 aliphatic rings. The van der Waals surface area contributed by atoms with Crippen LogP contribution < -0.4 is 14.7 Å². The lowest BCUT2D eigenvalue weighted by Crippen LogP contribution is -2.16. The van der Waals surface area contributed by atoms with Crippen molar-refractivity contribution in [3.8, 4) is 17.3 Å². The van der Waals surface area contributed by atoms with Crippen LogP contribution in [-0.4, -0.2) is 23.7 Å². The lowest BCUT2D eigenvalue weighted by molar-refractivity contribution is 0.967. The summed E-state index contributed by atoms with van der Waals surface area (Å²) in [5, 5.41) is 6.80. The minimum absolute atomic E-state index is 0.505. The first kappa shape index (κ1) is 48.4. The summed E-state index contributed by atoms with van der Waals surface area (Å²) in [6.07, 6.45) is 0. The molecule has 16 aromatic rings. The number of benzene rings is 12. The van der Waals surface area contributed by atoms with E-state index in [1.54, 1.807) is 0 Å². The SMILES string of the molecule is c1ccc(N(c2ccccc2)c2ccc3c4ccccc4n(-c4cc(-n5c6ccccc6c6ccc(N(c7ccccc7)c7ccccc7)cc65)nc(N(c5ccccc5)c5ccc6c7ccccc7n(-c7ccccc7)c6c5)n4)c3c2)cc1. The van der Waals surface area contributed by atoms with E-state index in [2.05, 4.69) is 344 Å². The first-order chi connectivity index (χ1) is 41.7. The summed E-state index contributed by atoms with van der Waals surface area (Å²) >= 11 is 0. The quantitative estimate of drug-likeness (QED) is 0.122. The van der Waals surface area contributed by atoms with E-state index >= 15 is 0 Å². The fraction of sp³-hybridized carbons (Fsp3) is 0. The lowest BCUT2D eigenvalue weighted by atomic mass is 10.1. The summed E-state index contributed by atoms with van der Waals surface area (Å²) in [7, 11) is 0. The van der Waals surface area contributed by atoms with Gasteiger partial charge in [0.25, 0.3) is 0 Å². The van der Waals surface area contributed by atoms with Crippen LogP contribution in [0.2, 0.25) is 0 Å². The van der Waals surface area contributed by atoms with Crippen LogP contribution in [0.4, 0.5) is 51.4 Å². The maximum absolute atomic E-state index is 5.85. The second-order valence-electron chi connectivity index (χ2n) is 21.1. The van der Waals surface area contributed by atoms with E-state index in [0.717, 1.165) is 111 Å². The van der Waals surface area contributed by atoms with E-state index in [1.165, 1.54) is 5.39 Å². The molecule has 8 nitrogen and oxygen atoms in total. The fourth-order valence-electron chi connectivity index (χ4n) is 12.5. The van der Waals surface area contributed by atoms with Crippen molar-refractivity contribution in [3.05, 3.63) is 315 Å². The highest BCUT2D eigenvalue weighted by atomic mass is 15.3. The monoisotopic (exact) mass is 1080 g/mol. The predicted molar refractivity (Wildman–Crippen MR) is 349 cm³/mol. The van der Waals surface area contributed by atoms with Gasteiger partial charge in [0.1, 0.15) is 11.6 Å². The summed E-state index contributed by atoms with van der Waals surface area (Å²) in [6, 6.07) is 112. The zero-order chi connectivity index (χ0) is 55.5. The number of hydrogen-bond donors (Lipinski definition) is 0. The average molecular weight is 1080 g/mol. The van der Waals surface area contributed by atoms with Gasteiger partial charge < -0.3 is 14.4 Å². The molecule has 0 saturated heterocycles. The normalized spacial score (nSPS) is 11.6. The minimum atomic E-state index is 0.505. The first-order valence-corrected chi connectivity index (χ1v) is 28.4. The highest BCUT2D eigenvalue weighted by molar-refractivity contribution is 6.13. The van der Waals surface area contributed by atoms with Crippen LogP contribution in [0.3, 0.4) is 0 Å². The van der Waals surface area contributed by atoms with Gasteiger partial charge in [0.2, 0.25) is 5.95 Å². The third-order valence-electron chi connectivity index (χ3n) is 16.2. The fourth-order valence-corrected chi connectivity index (χ4v) is 12.5. The highest BCUT2D eigenvalue weighted by Crippen LogP contribution is 2.45. The van der Waals surface area contributed by atoms with E-state index in [0.29, 0.717) is 17.6 Å². The second-order valence-corrected chi connectivity index (χ2v) is 21.1. The molecule has 16 rings (SSSR count). The Hall–Kier alpha value is -11.5. The number of anilines is 9. The molecule has 0 atom stereocenters. The molecule has 396 valence electrons. The topological polar surface area (TPSA) is 50.3 Å². The molecule has 0 amide bonds. The van der Waals surface area contributed by atoms with Crippen molar-refractivity contribution in [2.24, 2.45) is 0 Å². The van der Waals surface area contributed by atoms with Gasteiger partial charge >= 0.3 is 0 Å². The average Bonchev–Trinajstić information content (AvgIpc) is 2.60. The van der Waals surface area contributed by atoms with Crippen LogP contribution in [-0.2, 0) is 0 Å². The van der Waals surface area contributed by atoms with Crippen molar-refractivity contribution < 1.29 is 0 Å². The summed E-state index contributed by atoms with van der Waals surface area (Å²) in [6.45, 7) is 0. The highest BCUT2D eigenvalue weighted by Gasteiger charge is 2.26. The van der Waals surface area contributed by atoms with Crippen molar-refractivity contribution in [2.75, 3.05) is 14.7 Å². The number of aromatic nitrogens is 5. The largest absolute Gasteiger partial charge is 0.310 e. The van der Waals surface area contributed by atoms with Crippen molar-refractivity contribution in [3.63, 3.8) is 0 Å². The molecule has 4 aromatic heterocycles. The maximum atomic E-state index is 5.85. The van der Waals surface area contributed by atoms with Gasteiger partial charge in [-0.25, -0.2) is 0 Å². The Morgan fingerprint density at radius 3 is 0.845 bits per heavy atom. The van der Waals surface area contributed by atoms with Gasteiger partial charge in [-0.05, 0) is 127 Å². The van der Waals surface area contributed by atoms with Gasteiger partial charge in [0, 0.05) is 83.9 Å². The Balaban J connectivity index is 0.998. The minimum Gasteiger partial charge on any atom is -0.310 e. The molecular weight excluding hydrogens is 1020 g/mol. The van der Waals surface area contributed by atoms with Crippen molar-refractivity contribution >= 4 is 117 Å². The van der Waals surface area contributed by atoms with Gasteiger partial charge in [-0.2, -0.15) is 9.97 Å². The van der Waals surface area contributed by atoms with Crippen LogP contribution >= 0.6 is 0 Å². The van der Waals surface area contributed by atoms with Crippen LogP contribution in [0, 0.1) is 0 Å². The first-order valence-electron chi connectivity index (χ1n) is 28.4. The van der Waals surface area contributed by atoms with E-state index in [4.69, 9.17) is 9.97 Å². The second kappa shape index (κ2) is 20.3. The van der Waals surface area contributed by atoms with Gasteiger partial charge in [0.05, 0.1) is 38.8 Å². The Morgan fingerprint density at radius 2 is 0.476 bits per heavy atom. The molecule has 0 radical (unpaired) electrons. The smallest absolute Gasteiger partial charge is 0.238 e. The maximum Gasteiger partial charge on any atom is 0.238 e. The molecule has 0 N–H and O–H groups in total. The molecule has 0 bridgehead atoms. The number of rotatable bonds is 12. The third-order valence-corrected chi connectivity index (χ3v) is 16.2. The summed E-state index contributed by atoms with van der Waals surface area (Å²) < 4.78 is 7.04. The van der Waals surface area contributed by atoms with E-state index in [-0.39, 0.29) is 0 Å². The molecule has 4 heterocycles. The number of nitrogens with zero attached hydrogens (tertiary/aromatic N) is 8. The molecule has 0 fully saturated rings. The molecule has 12 aromatic carbocycles. The zero-order valence-corrected chi connectivity index (χ0v) is 45.6. The summed E-state index contributed by atoms with van der Waals surface area (Å²) in [4.78, 5) is 18.6. The van der Waals surface area contributed by atoms with Gasteiger partial charge in [-0.3, -0.25) is 14.0 Å². The summed E-state index contributed by atoms with van der Waals surface area (Å²) in [5.74, 6) is 1.93. The molecule has 0 spiro atoms. The Morgan fingerprint density at radius 1 is 0.202 bits per heavy atom. The van der Waals surface area contributed by atoms with Crippen LogP contribution in [0.15, 0.2) is 315 Å².